The molecule has 0 fully saturated rings. The fourth-order valence-corrected chi connectivity index (χ4v) is 5.87. The molecule has 0 bridgehead atoms. The molecule has 0 aliphatic heterocycles. The van der Waals surface area contributed by atoms with Crippen LogP contribution in [0.15, 0.2) is 24.3 Å². The summed E-state index contributed by atoms with van der Waals surface area (Å²) in [5.41, 5.74) is 2.29. The number of nitrogens with zero attached hydrogens (tertiary/aromatic N) is 1. The maximum atomic E-state index is 12.5. The van der Waals surface area contributed by atoms with E-state index in [0.717, 1.165) is 30.6 Å². The third-order valence-electron chi connectivity index (χ3n) is 5.60. The van der Waals surface area contributed by atoms with Gasteiger partial charge in [0.1, 0.15) is 0 Å². The van der Waals surface area contributed by atoms with E-state index in [4.69, 9.17) is 5.11 Å². The van der Waals surface area contributed by atoms with Gasteiger partial charge in [0.2, 0.25) is 17.7 Å². The molecule has 0 aliphatic rings. The average Bonchev–Trinajstić information content (AvgIpc) is 3.31. The van der Waals surface area contributed by atoms with Crippen molar-refractivity contribution in [3.63, 3.8) is 0 Å². The van der Waals surface area contributed by atoms with Gasteiger partial charge in [-0.15, -0.1) is 22.7 Å². The number of rotatable bonds is 14. The molecule has 2 aromatic heterocycles. The van der Waals surface area contributed by atoms with Gasteiger partial charge in [0.25, 0.3) is 0 Å². The lowest BCUT2D eigenvalue weighted by Crippen LogP contribution is -2.48. The number of aliphatic carboxylic acids is 1. The Morgan fingerprint density at radius 2 is 1.51 bits per heavy atom. The van der Waals surface area contributed by atoms with Gasteiger partial charge >= 0.3 is 5.97 Å². The lowest BCUT2D eigenvalue weighted by molar-refractivity contribution is -0.881. The Morgan fingerprint density at radius 3 is 2.14 bits per heavy atom. The first-order valence-electron chi connectivity index (χ1n) is 12.0. The zero-order valence-corrected chi connectivity index (χ0v) is 23.8. The fourth-order valence-electron chi connectivity index (χ4n) is 3.66. The maximum absolute atomic E-state index is 12.5. The van der Waals surface area contributed by atoms with Gasteiger partial charge in [0.05, 0.1) is 40.0 Å². The van der Waals surface area contributed by atoms with Crippen molar-refractivity contribution in [2.24, 2.45) is 0 Å². The molecule has 0 aliphatic carbocycles. The van der Waals surface area contributed by atoms with Crippen LogP contribution >= 0.6 is 22.7 Å². The zero-order valence-electron chi connectivity index (χ0n) is 22.2. The summed E-state index contributed by atoms with van der Waals surface area (Å²) in [6.07, 6.45) is 0.468. The number of hydrogen-bond donors (Lipinski definition) is 4. The topological polar surface area (TPSA) is 125 Å². The number of amides is 3. The second-order valence-corrected chi connectivity index (χ2v) is 12.2. The molecule has 0 saturated heterocycles. The molecule has 202 valence electrons. The molecular weight excluding hydrogens is 512 g/mol. The quantitative estimate of drug-likeness (QED) is 0.164. The number of thiophene rings is 2. The second kappa shape index (κ2) is 13.5. The highest BCUT2D eigenvalue weighted by molar-refractivity contribution is 7.22. The Hall–Kier alpha value is -3.02. The van der Waals surface area contributed by atoms with E-state index >= 15 is 0 Å². The summed E-state index contributed by atoms with van der Waals surface area (Å²) in [6.45, 7) is 10.8. The number of quaternary nitrogens is 1. The van der Waals surface area contributed by atoms with Crippen molar-refractivity contribution >= 4 is 46.4 Å². The predicted molar refractivity (Wildman–Crippen MR) is 148 cm³/mol. The average molecular weight is 550 g/mol. The standard InChI is InChI=1S/C26H36N4O5S2/c1-16(2)26(35)29-8-7-27-23(32)14-20-11-17(3)36-25(20)21-12-19(18(4)37-21)13-22(31)28-9-10-30(5,6)15-24(33)34/h11-12H,1,7-10,13-15H2,2-6H3,(H3-,27,28,29,31,32,33,34,35)/p+1. The number of carboxylic acids is 1. The number of nitrogens with one attached hydrogen (secondary N) is 3. The molecule has 0 unspecified atom stereocenters. The van der Waals surface area contributed by atoms with Crippen LogP contribution in [0.2, 0.25) is 0 Å². The van der Waals surface area contributed by atoms with Gasteiger partial charge < -0.3 is 25.5 Å². The van der Waals surface area contributed by atoms with Gasteiger partial charge in [-0.2, -0.15) is 0 Å². The second-order valence-electron chi connectivity index (χ2n) is 9.70. The van der Waals surface area contributed by atoms with E-state index in [1.54, 1.807) is 29.6 Å². The van der Waals surface area contributed by atoms with E-state index in [9.17, 15) is 19.2 Å². The van der Waals surface area contributed by atoms with Gasteiger partial charge in [0, 0.05) is 38.2 Å². The van der Waals surface area contributed by atoms with Crippen LogP contribution in [0.1, 0.15) is 27.8 Å². The van der Waals surface area contributed by atoms with Crippen LogP contribution in [0, 0.1) is 13.8 Å². The van der Waals surface area contributed by atoms with E-state index in [0.29, 0.717) is 31.8 Å². The summed E-state index contributed by atoms with van der Waals surface area (Å²) in [5, 5.41) is 17.4. The Bertz CT molecular complexity index is 1170. The number of aryl methyl sites for hydroxylation is 2. The number of carbonyl (C=O) groups excluding carboxylic acids is 3. The normalized spacial score (nSPS) is 11.2. The molecule has 2 aromatic rings. The molecular formula is C26H37N4O5S2+. The molecule has 0 aromatic carbocycles. The first-order chi connectivity index (χ1) is 17.3. The van der Waals surface area contributed by atoms with Crippen molar-refractivity contribution in [2.75, 3.05) is 46.8 Å². The lowest BCUT2D eigenvalue weighted by Gasteiger charge is -2.27. The minimum atomic E-state index is -0.870. The highest BCUT2D eigenvalue weighted by atomic mass is 32.1. The number of carboxylic acid groups (broad SMARTS) is 1. The summed E-state index contributed by atoms with van der Waals surface area (Å²) in [6, 6.07) is 4.03. The Labute approximate surface area is 226 Å². The smallest absolute Gasteiger partial charge is 0.359 e. The Kier molecular flexibility index (Phi) is 11.0. The third-order valence-corrected chi connectivity index (χ3v) is 7.97. The molecule has 0 atom stereocenters. The summed E-state index contributed by atoms with van der Waals surface area (Å²) < 4.78 is 0.286. The van der Waals surface area contributed by atoms with Crippen molar-refractivity contribution in [1.82, 2.24) is 16.0 Å². The van der Waals surface area contributed by atoms with E-state index < -0.39 is 5.97 Å². The van der Waals surface area contributed by atoms with E-state index in [1.807, 2.05) is 40.1 Å². The van der Waals surface area contributed by atoms with Crippen molar-refractivity contribution in [3.8, 4) is 9.75 Å². The van der Waals surface area contributed by atoms with Crippen LogP contribution in [-0.2, 0) is 32.0 Å². The first kappa shape index (κ1) is 30.2. The summed E-state index contributed by atoms with van der Waals surface area (Å²) in [4.78, 5) is 51.7. The monoisotopic (exact) mass is 549 g/mol. The molecule has 0 saturated carbocycles. The highest BCUT2D eigenvalue weighted by Crippen LogP contribution is 2.39. The molecule has 37 heavy (non-hydrogen) atoms. The Balaban J connectivity index is 1.96. The van der Waals surface area contributed by atoms with Crippen molar-refractivity contribution in [3.05, 3.63) is 45.2 Å². The minimum absolute atomic E-state index is 0.00493. The number of carbonyl (C=O) groups is 4. The van der Waals surface area contributed by atoms with Gasteiger partial charge in [0.15, 0.2) is 6.54 Å². The SMILES string of the molecule is C=C(C)C(=O)NCCNC(=O)Cc1cc(C)sc1-c1cc(CC(=O)NCC[N+](C)(C)CC(=O)O)c(C)s1. The van der Waals surface area contributed by atoms with Crippen LogP contribution < -0.4 is 16.0 Å². The minimum Gasteiger partial charge on any atom is -0.477 e. The predicted octanol–water partition coefficient (Wildman–Crippen LogP) is 2.26. The lowest BCUT2D eigenvalue weighted by atomic mass is 10.1. The van der Waals surface area contributed by atoms with Gasteiger partial charge in [-0.3, -0.25) is 14.4 Å². The van der Waals surface area contributed by atoms with Gasteiger partial charge in [-0.1, -0.05) is 6.58 Å². The molecule has 3 amide bonds. The fraction of sp³-hybridized carbons (Fsp3) is 0.462. The summed E-state index contributed by atoms with van der Waals surface area (Å²) in [5.74, 6) is -1.33. The zero-order chi connectivity index (χ0) is 27.8. The number of hydrogen-bond acceptors (Lipinski definition) is 6. The molecule has 2 heterocycles. The maximum Gasteiger partial charge on any atom is 0.359 e. The van der Waals surface area contributed by atoms with Crippen LogP contribution in [0.3, 0.4) is 0 Å². The highest BCUT2D eigenvalue weighted by Gasteiger charge is 2.20. The summed E-state index contributed by atoms with van der Waals surface area (Å²) in [7, 11) is 3.63. The molecule has 2 rings (SSSR count). The molecule has 9 nitrogen and oxygen atoms in total. The summed E-state index contributed by atoms with van der Waals surface area (Å²) >= 11 is 3.22. The van der Waals surface area contributed by atoms with Crippen molar-refractivity contribution < 1.29 is 28.8 Å². The first-order valence-corrected chi connectivity index (χ1v) is 13.6. The van der Waals surface area contributed by atoms with Crippen LogP contribution in [0.5, 0.6) is 0 Å². The van der Waals surface area contributed by atoms with Crippen LogP contribution in [-0.4, -0.2) is 80.1 Å². The van der Waals surface area contributed by atoms with Gasteiger partial charge in [-0.25, -0.2) is 4.79 Å². The largest absolute Gasteiger partial charge is 0.477 e. The third kappa shape index (κ3) is 10.1. The molecule has 11 heteroatoms. The Morgan fingerprint density at radius 1 is 0.919 bits per heavy atom. The van der Waals surface area contributed by atoms with Crippen LogP contribution in [0.4, 0.5) is 0 Å². The number of likely N-dealkylation sites (N-methyl/N-ethyl adjacent to an activating group) is 1. The molecule has 0 radical (unpaired) electrons. The van der Waals surface area contributed by atoms with Crippen molar-refractivity contribution in [1.29, 1.82) is 0 Å². The van der Waals surface area contributed by atoms with E-state index in [2.05, 4.69) is 22.5 Å². The van der Waals surface area contributed by atoms with Crippen LogP contribution in [0.25, 0.3) is 9.75 Å². The van der Waals surface area contributed by atoms with Gasteiger partial charge in [-0.05, 0) is 44.0 Å². The molecule has 4 N–H and O–H groups in total. The van der Waals surface area contributed by atoms with E-state index in [-0.39, 0.29) is 41.6 Å². The molecule has 0 spiro atoms. The van der Waals surface area contributed by atoms with E-state index in [1.165, 1.54) is 0 Å². The van der Waals surface area contributed by atoms with Crippen molar-refractivity contribution in [2.45, 2.75) is 33.6 Å².